The average Bonchev–Trinajstić information content (AvgIpc) is 2.62. The molecular formula is C8H9F3N2O3S2. The van der Waals surface area contributed by atoms with Gasteiger partial charge >= 0.3 is 6.18 Å². The second kappa shape index (κ2) is 5.24. The zero-order valence-corrected chi connectivity index (χ0v) is 10.5. The highest BCUT2D eigenvalue weighted by molar-refractivity contribution is 7.91. The number of sulfonamides is 1. The van der Waals surface area contributed by atoms with Crippen molar-refractivity contribution in [3.8, 4) is 0 Å². The third-order valence-electron chi connectivity index (χ3n) is 1.78. The van der Waals surface area contributed by atoms with Crippen LogP contribution in [0.2, 0.25) is 0 Å². The number of hydrogen-bond donors (Lipinski definition) is 2. The molecular weight excluding hydrogens is 293 g/mol. The van der Waals surface area contributed by atoms with Gasteiger partial charge in [-0.05, 0) is 12.1 Å². The van der Waals surface area contributed by atoms with Crippen molar-refractivity contribution in [3.63, 3.8) is 0 Å². The Morgan fingerprint density at radius 3 is 2.44 bits per heavy atom. The van der Waals surface area contributed by atoms with E-state index in [1.54, 1.807) is 0 Å². The van der Waals surface area contributed by atoms with Gasteiger partial charge in [0.05, 0.1) is 11.3 Å². The van der Waals surface area contributed by atoms with E-state index >= 15 is 0 Å². The fraction of sp³-hybridized carbons (Fsp3) is 0.375. The maximum Gasteiger partial charge on any atom is 0.390 e. The highest BCUT2D eigenvalue weighted by Gasteiger charge is 2.26. The van der Waals surface area contributed by atoms with E-state index in [9.17, 15) is 26.4 Å². The van der Waals surface area contributed by atoms with Gasteiger partial charge in [0, 0.05) is 6.54 Å². The zero-order valence-electron chi connectivity index (χ0n) is 8.82. The Bertz CT molecular complexity index is 536. The molecule has 0 aliphatic carbocycles. The minimum atomic E-state index is -4.35. The van der Waals surface area contributed by atoms with Gasteiger partial charge < -0.3 is 5.32 Å². The molecule has 18 heavy (non-hydrogen) atoms. The molecule has 0 aromatic carbocycles. The van der Waals surface area contributed by atoms with E-state index in [0.717, 1.165) is 6.07 Å². The van der Waals surface area contributed by atoms with Crippen LogP contribution in [0.3, 0.4) is 0 Å². The van der Waals surface area contributed by atoms with Crippen molar-refractivity contribution in [1.82, 2.24) is 5.32 Å². The Kier molecular flexibility index (Phi) is 4.35. The third kappa shape index (κ3) is 4.63. The van der Waals surface area contributed by atoms with Crippen LogP contribution in [0.15, 0.2) is 16.3 Å². The van der Waals surface area contributed by atoms with Gasteiger partial charge in [0.25, 0.3) is 5.91 Å². The van der Waals surface area contributed by atoms with Gasteiger partial charge in [-0.15, -0.1) is 11.3 Å². The van der Waals surface area contributed by atoms with E-state index < -0.39 is 35.1 Å². The quantitative estimate of drug-likeness (QED) is 0.872. The molecule has 1 amide bonds. The van der Waals surface area contributed by atoms with Gasteiger partial charge in [-0.3, -0.25) is 4.79 Å². The number of primary sulfonamides is 1. The molecule has 0 bridgehead atoms. The van der Waals surface area contributed by atoms with Crippen LogP contribution in [0, 0.1) is 0 Å². The second-order valence-electron chi connectivity index (χ2n) is 3.28. The molecule has 0 saturated heterocycles. The molecule has 1 heterocycles. The van der Waals surface area contributed by atoms with Gasteiger partial charge in [-0.2, -0.15) is 13.2 Å². The first-order valence-electron chi connectivity index (χ1n) is 4.57. The fourth-order valence-electron chi connectivity index (χ4n) is 1.000. The van der Waals surface area contributed by atoms with Gasteiger partial charge in [-0.25, -0.2) is 13.6 Å². The number of thiophene rings is 1. The molecule has 10 heteroatoms. The molecule has 0 fully saturated rings. The van der Waals surface area contributed by atoms with Gasteiger partial charge in [0.2, 0.25) is 10.0 Å². The Hall–Kier alpha value is -1.13. The third-order valence-corrected chi connectivity index (χ3v) is 4.30. The summed E-state index contributed by atoms with van der Waals surface area (Å²) >= 11 is 0.600. The predicted molar refractivity (Wildman–Crippen MR) is 58.7 cm³/mol. The van der Waals surface area contributed by atoms with E-state index in [2.05, 4.69) is 0 Å². The standard InChI is InChI=1S/C8H9F3N2O3S2/c9-8(10,11)3-4-13-7(14)5-1-2-6(17-5)18(12,15)16/h1-2H,3-4H2,(H,13,14)(H2,12,15,16). The Morgan fingerprint density at radius 2 is 2.00 bits per heavy atom. The van der Waals surface area contributed by atoms with Crippen LogP contribution in [0.1, 0.15) is 16.1 Å². The van der Waals surface area contributed by atoms with Crippen molar-refractivity contribution in [2.24, 2.45) is 5.14 Å². The maximum atomic E-state index is 11.8. The summed E-state index contributed by atoms with van der Waals surface area (Å²) in [6.07, 6.45) is -5.50. The van der Waals surface area contributed by atoms with Crippen LogP contribution in [0.5, 0.6) is 0 Å². The lowest BCUT2D eigenvalue weighted by Gasteiger charge is -2.06. The van der Waals surface area contributed by atoms with Crippen molar-refractivity contribution in [1.29, 1.82) is 0 Å². The lowest BCUT2D eigenvalue weighted by Crippen LogP contribution is -2.27. The van der Waals surface area contributed by atoms with Crippen molar-refractivity contribution >= 4 is 27.3 Å². The lowest BCUT2D eigenvalue weighted by atomic mass is 10.4. The van der Waals surface area contributed by atoms with Crippen LogP contribution in [-0.4, -0.2) is 27.0 Å². The summed E-state index contributed by atoms with van der Waals surface area (Å²) in [6, 6.07) is 2.31. The van der Waals surface area contributed by atoms with E-state index in [-0.39, 0.29) is 9.09 Å². The number of carbonyl (C=O) groups excluding carboxylic acids is 1. The van der Waals surface area contributed by atoms with Crippen LogP contribution in [0.25, 0.3) is 0 Å². The Balaban J connectivity index is 2.61. The highest BCUT2D eigenvalue weighted by Crippen LogP contribution is 2.21. The molecule has 0 spiro atoms. The highest BCUT2D eigenvalue weighted by atomic mass is 32.2. The second-order valence-corrected chi connectivity index (χ2v) is 6.16. The van der Waals surface area contributed by atoms with Crippen molar-refractivity contribution in [3.05, 3.63) is 17.0 Å². The minimum absolute atomic E-state index is 0.0128. The molecule has 5 nitrogen and oxygen atoms in total. The van der Waals surface area contributed by atoms with Crippen LogP contribution >= 0.6 is 11.3 Å². The van der Waals surface area contributed by atoms with Crippen LogP contribution in [-0.2, 0) is 10.0 Å². The molecule has 1 aromatic rings. The number of nitrogens with one attached hydrogen (secondary N) is 1. The summed E-state index contributed by atoms with van der Waals surface area (Å²) in [5, 5.41) is 6.87. The van der Waals surface area contributed by atoms with E-state index in [4.69, 9.17) is 5.14 Å². The Labute approximate surface area is 105 Å². The number of alkyl halides is 3. The molecule has 0 radical (unpaired) electrons. The molecule has 0 aliphatic heterocycles. The van der Waals surface area contributed by atoms with Crippen LogP contribution in [0.4, 0.5) is 13.2 Å². The summed E-state index contributed by atoms with van der Waals surface area (Å²) < 4.78 is 57.1. The summed E-state index contributed by atoms with van der Waals surface area (Å²) in [5.41, 5.74) is 0. The predicted octanol–water partition coefficient (Wildman–Crippen LogP) is 1.08. The number of hydrogen-bond acceptors (Lipinski definition) is 4. The molecule has 0 unspecified atom stereocenters. The smallest absolute Gasteiger partial charge is 0.351 e. The average molecular weight is 302 g/mol. The van der Waals surface area contributed by atoms with E-state index in [0.29, 0.717) is 11.3 Å². The molecule has 102 valence electrons. The fourth-order valence-corrected chi connectivity index (χ4v) is 2.65. The molecule has 3 N–H and O–H groups in total. The minimum Gasteiger partial charge on any atom is -0.351 e. The van der Waals surface area contributed by atoms with Crippen LogP contribution < -0.4 is 10.5 Å². The number of nitrogens with two attached hydrogens (primary N) is 1. The summed E-state index contributed by atoms with van der Waals surface area (Å²) in [6.45, 7) is -0.565. The Morgan fingerprint density at radius 1 is 1.39 bits per heavy atom. The number of amides is 1. The molecule has 1 aromatic heterocycles. The first-order valence-corrected chi connectivity index (χ1v) is 6.93. The molecule has 0 aliphatic rings. The first-order chi connectivity index (χ1) is 8.09. The first kappa shape index (κ1) is 14.9. The van der Waals surface area contributed by atoms with Crippen molar-refractivity contribution in [2.45, 2.75) is 16.8 Å². The van der Waals surface area contributed by atoms with Gasteiger partial charge in [0.15, 0.2) is 0 Å². The van der Waals surface area contributed by atoms with Crippen molar-refractivity contribution in [2.75, 3.05) is 6.54 Å². The lowest BCUT2D eigenvalue weighted by molar-refractivity contribution is -0.132. The molecule has 0 atom stereocenters. The van der Waals surface area contributed by atoms with E-state index in [1.165, 1.54) is 6.07 Å². The zero-order chi connectivity index (χ0) is 14.0. The SMILES string of the molecule is NS(=O)(=O)c1ccc(C(=O)NCCC(F)(F)F)s1. The molecule has 1 rings (SSSR count). The van der Waals surface area contributed by atoms with E-state index in [1.807, 2.05) is 5.32 Å². The number of halogens is 3. The normalized spacial score (nSPS) is 12.4. The summed E-state index contributed by atoms with van der Waals surface area (Å²) in [7, 11) is -3.90. The largest absolute Gasteiger partial charge is 0.390 e. The monoisotopic (exact) mass is 302 g/mol. The topological polar surface area (TPSA) is 89.3 Å². The van der Waals surface area contributed by atoms with Crippen molar-refractivity contribution < 1.29 is 26.4 Å². The number of carbonyl (C=O) groups is 1. The van der Waals surface area contributed by atoms with Gasteiger partial charge in [-0.1, -0.05) is 0 Å². The number of rotatable bonds is 4. The maximum absolute atomic E-state index is 11.8. The summed E-state index contributed by atoms with van der Waals surface area (Å²) in [5.74, 6) is -0.765. The summed E-state index contributed by atoms with van der Waals surface area (Å²) in [4.78, 5) is 11.4. The molecule has 0 saturated carbocycles. The van der Waals surface area contributed by atoms with Gasteiger partial charge in [0.1, 0.15) is 4.21 Å².